The summed E-state index contributed by atoms with van der Waals surface area (Å²) in [6.07, 6.45) is 0. The van der Waals surface area contributed by atoms with Crippen LogP contribution in [-0.4, -0.2) is 28.2 Å². The summed E-state index contributed by atoms with van der Waals surface area (Å²) in [4.78, 5) is 23.6. The number of carboxylic acids is 1. The van der Waals surface area contributed by atoms with Gasteiger partial charge < -0.3 is 24.9 Å². The van der Waals surface area contributed by atoms with Crippen LogP contribution in [0.3, 0.4) is 0 Å². The average molecular weight is 481 g/mol. The van der Waals surface area contributed by atoms with Crippen molar-refractivity contribution in [3.63, 3.8) is 0 Å². The molecule has 1 amide bonds. The highest BCUT2D eigenvalue weighted by atomic mass is 16.5. The van der Waals surface area contributed by atoms with Crippen LogP contribution in [0, 0.1) is 6.92 Å². The van der Waals surface area contributed by atoms with E-state index in [1.807, 2.05) is 73.7 Å². The Hall–Kier alpha value is -4.78. The fourth-order valence-corrected chi connectivity index (χ4v) is 4.51. The number of carboxylic acid groups (broad SMARTS) is 1. The molecule has 1 heterocycles. The van der Waals surface area contributed by atoms with E-state index in [1.54, 1.807) is 18.2 Å². The lowest BCUT2D eigenvalue weighted by Gasteiger charge is -2.14. The number of hydrogen-bond donors (Lipinski definition) is 2. The first-order chi connectivity index (χ1) is 17.4. The zero-order chi connectivity index (χ0) is 25.2. The number of aromatic nitrogens is 1. The third kappa shape index (κ3) is 4.34. The topological polar surface area (TPSA) is 104 Å². The molecule has 7 nitrogen and oxygen atoms in total. The van der Waals surface area contributed by atoms with Gasteiger partial charge in [-0.1, -0.05) is 42.5 Å². The summed E-state index contributed by atoms with van der Waals surface area (Å²) < 4.78 is 13.9. The Balaban J connectivity index is 1.72. The Morgan fingerprint density at radius 2 is 1.61 bits per heavy atom. The first kappa shape index (κ1) is 23.0. The number of ether oxygens (including phenoxy) is 2. The smallest absolute Gasteiger partial charge is 0.341 e. The second-order valence-corrected chi connectivity index (χ2v) is 8.51. The number of carbonyl (C=O) groups is 2. The summed E-state index contributed by atoms with van der Waals surface area (Å²) in [5, 5.41) is 10.5. The monoisotopic (exact) mass is 480 g/mol. The second-order valence-electron chi connectivity index (χ2n) is 8.51. The number of para-hydroxylation sites is 2. The highest BCUT2D eigenvalue weighted by Gasteiger charge is 2.21. The minimum atomic E-state index is -1.09. The van der Waals surface area contributed by atoms with Crippen molar-refractivity contribution in [3.8, 4) is 17.2 Å². The molecule has 0 saturated heterocycles. The van der Waals surface area contributed by atoms with Crippen molar-refractivity contribution in [2.45, 2.75) is 13.5 Å². The van der Waals surface area contributed by atoms with Crippen LogP contribution in [0.5, 0.6) is 17.2 Å². The third-order valence-corrected chi connectivity index (χ3v) is 5.99. The lowest BCUT2D eigenvalue weighted by Crippen LogP contribution is -2.11. The lowest BCUT2D eigenvalue weighted by atomic mass is 10.0. The molecule has 5 rings (SSSR count). The molecule has 0 aliphatic carbocycles. The van der Waals surface area contributed by atoms with E-state index in [4.69, 9.17) is 15.2 Å². The largest absolute Gasteiger partial charge is 0.481 e. The summed E-state index contributed by atoms with van der Waals surface area (Å²) in [6.45, 7) is 1.85. The van der Waals surface area contributed by atoms with Crippen LogP contribution in [0.15, 0.2) is 84.9 Å². The molecule has 36 heavy (non-hydrogen) atoms. The number of fused-ring (bicyclic) bond motifs is 3. The Morgan fingerprint density at radius 3 is 2.36 bits per heavy atom. The predicted octanol–water partition coefficient (Wildman–Crippen LogP) is 5.51. The number of nitrogens with two attached hydrogens (primary N) is 1. The number of nitrogens with zero attached hydrogens (tertiary/aromatic N) is 1. The van der Waals surface area contributed by atoms with Crippen molar-refractivity contribution in [1.82, 2.24) is 4.57 Å². The molecule has 0 aliphatic heterocycles. The van der Waals surface area contributed by atoms with Gasteiger partial charge in [-0.05, 0) is 55.0 Å². The van der Waals surface area contributed by atoms with E-state index in [-0.39, 0.29) is 0 Å². The van der Waals surface area contributed by atoms with Crippen molar-refractivity contribution in [1.29, 1.82) is 0 Å². The minimum absolute atomic E-state index is 0.342. The predicted molar refractivity (Wildman–Crippen MR) is 138 cm³/mol. The van der Waals surface area contributed by atoms with Crippen molar-refractivity contribution in [3.05, 3.63) is 102 Å². The Kier molecular flexibility index (Phi) is 6.04. The van der Waals surface area contributed by atoms with E-state index in [2.05, 4.69) is 4.57 Å². The molecular formula is C29H24N2O5. The number of carbonyl (C=O) groups excluding carboxylic acids is 1. The lowest BCUT2D eigenvalue weighted by molar-refractivity contribution is -0.139. The quantitative estimate of drug-likeness (QED) is 0.305. The molecule has 0 fully saturated rings. The second kappa shape index (κ2) is 9.46. The minimum Gasteiger partial charge on any atom is -0.481 e. The van der Waals surface area contributed by atoms with Gasteiger partial charge in [-0.3, -0.25) is 4.79 Å². The van der Waals surface area contributed by atoms with Crippen LogP contribution >= 0.6 is 0 Å². The molecule has 0 atom stereocenters. The summed E-state index contributed by atoms with van der Waals surface area (Å²) in [7, 11) is 0. The average Bonchev–Trinajstić information content (AvgIpc) is 3.17. The molecule has 3 N–H and O–H groups in total. The van der Waals surface area contributed by atoms with Crippen molar-refractivity contribution in [2.75, 3.05) is 6.61 Å². The van der Waals surface area contributed by atoms with Crippen LogP contribution in [0.1, 0.15) is 21.5 Å². The normalized spacial score (nSPS) is 11.0. The maximum atomic E-state index is 12.4. The van der Waals surface area contributed by atoms with Crippen LogP contribution in [0.25, 0.3) is 21.8 Å². The number of benzene rings is 4. The van der Waals surface area contributed by atoms with Gasteiger partial charge in [0, 0.05) is 16.5 Å². The van der Waals surface area contributed by atoms with Gasteiger partial charge in [0.15, 0.2) is 6.61 Å². The first-order valence-electron chi connectivity index (χ1n) is 11.4. The number of rotatable bonds is 8. The standard InChI is InChI=1S/C29H24N2O5/c1-18-14-23-28(25(15-18)35-17-26(32)33)27-21(29(30)34)11-7-12-22(27)31(23)16-19-8-5-6-13-24(19)36-20-9-3-2-4-10-20/h2-15H,16-17H2,1H3,(H2,30,34)(H,32,33). The van der Waals surface area contributed by atoms with Gasteiger partial charge in [0.05, 0.1) is 23.0 Å². The number of hydrogen-bond acceptors (Lipinski definition) is 4. The SMILES string of the molecule is Cc1cc(OCC(=O)O)c2c3c(C(N)=O)cccc3n(Cc3ccccc3Oc3ccccc3)c2c1. The van der Waals surface area contributed by atoms with Crippen molar-refractivity contribution in [2.24, 2.45) is 5.73 Å². The first-order valence-corrected chi connectivity index (χ1v) is 11.4. The van der Waals surface area contributed by atoms with Gasteiger partial charge >= 0.3 is 5.97 Å². The summed E-state index contributed by atoms with van der Waals surface area (Å²) >= 11 is 0. The van der Waals surface area contributed by atoms with E-state index in [0.29, 0.717) is 34.4 Å². The van der Waals surface area contributed by atoms with Gasteiger partial charge in [0.2, 0.25) is 5.91 Å². The molecule has 0 bridgehead atoms. The van der Waals surface area contributed by atoms with E-state index in [9.17, 15) is 14.7 Å². The van der Waals surface area contributed by atoms with Gasteiger partial charge in [-0.25, -0.2) is 4.79 Å². The van der Waals surface area contributed by atoms with E-state index in [0.717, 1.165) is 27.9 Å². The molecular weight excluding hydrogens is 456 g/mol. The molecule has 0 radical (unpaired) electrons. The molecule has 0 aliphatic rings. The van der Waals surface area contributed by atoms with Crippen LogP contribution in [-0.2, 0) is 11.3 Å². The van der Waals surface area contributed by atoms with Crippen molar-refractivity contribution < 1.29 is 24.2 Å². The molecule has 4 aromatic carbocycles. The highest BCUT2D eigenvalue weighted by Crippen LogP contribution is 2.39. The Bertz CT molecular complexity index is 1610. The molecule has 1 aromatic heterocycles. The summed E-state index contributed by atoms with van der Waals surface area (Å²) in [6, 6.07) is 26.5. The molecule has 7 heteroatoms. The Morgan fingerprint density at radius 1 is 0.861 bits per heavy atom. The molecule has 0 spiro atoms. The van der Waals surface area contributed by atoms with Crippen LogP contribution in [0.4, 0.5) is 0 Å². The highest BCUT2D eigenvalue weighted by molar-refractivity contribution is 6.20. The third-order valence-electron chi connectivity index (χ3n) is 5.99. The molecule has 5 aromatic rings. The van der Waals surface area contributed by atoms with Crippen LogP contribution in [0.2, 0.25) is 0 Å². The zero-order valence-corrected chi connectivity index (χ0v) is 19.6. The molecule has 0 unspecified atom stereocenters. The van der Waals surface area contributed by atoms with Gasteiger partial charge in [0.1, 0.15) is 17.2 Å². The summed E-state index contributed by atoms with van der Waals surface area (Å²) in [5.74, 6) is 0.162. The van der Waals surface area contributed by atoms with E-state index >= 15 is 0 Å². The Labute approximate surface area is 207 Å². The zero-order valence-electron chi connectivity index (χ0n) is 19.6. The van der Waals surface area contributed by atoms with Gasteiger partial charge in [-0.15, -0.1) is 0 Å². The maximum absolute atomic E-state index is 12.4. The maximum Gasteiger partial charge on any atom is 0.341 e. The fraction of sp³-hybridized carbons (Fsp3) is 0.103. The van der Waals surface area contributed by atoms with Crippen LogP contribution < -0.4 is 15.2 Å². The van der Waals surface area contributed by atoms with Crippen molar-refractivity contribution >= 4 is 33.7 Å². The van der Waals surface area contributed by atoms with E-state index in [1.165, 1.54) is 0 Å². The van der Waals surface area contributed by atoms with E-state index < -0.39 is 18.5 Å². The van der Waals surface area contributed by atoms with Gasteiger partial charge in [0.25, 0.3) is 0 Å². The number of primary amides is 1. The number of aliphatic carboxylic acids is 1. The van der Waals surface area contributed by atoms with Gasteiger partial charge in [-0.2, -0.15) is 0 Å². The molecule has 180 valence electrons. The molecule has 0 saturated carbocycles. The number of amides is 1. The summed E-state index contributed by atoms with van der Waals surface area (Å²) in [5.41, 5.74) is 9.48. The number of aryl methyl sites for hydroxylation is 1. The fourth-order valence-electron chi connectivity index (χ4n) is 4.51.